The molecule has 0 saturated heterocycles. The van der Waals surface area contributed by atoms with E-state index >= 15 is 0 Å². The van der Waals surface area contributed by atoms with Crippen molar-refractivity contribution in [3.05, 3.63) is 28.8 Å². The van der Waals surface area contributed by atoms with Gasteiger partial charge in [0.05, 0.1) is 5.02 Å². The van der Waals surface area contributed by atoms with Gasteiger partial charge in [-0.3, -0.25) is 0 Å². The van der Waals surface area contributed by atoms with E-state index in [2.05, 4.69) is 4.74 Å². The Morgan fingerprint density at radius 1 is 1.27 bits per heavy atom. The van der Waals surface area contributed by atoms with Crippen molar-refractivity contribution < 1.29 is 17.9 Å². The molecule has 0 aliphatic heterocycles. The Morgan fingerprint density at radius 3 is 2.27 bits per heavy atom. The molecule has 0 heterocycles. The smallest absolute Gasteiger partial charge is 0.404 e. The molecule has 0 atom stereocenters. The molecule has 0 bridgehead atoms. The Bertz CT molecular complexity index is 347. The molecular formula is C10H10ClF3O. The molecule has 0 aliphatic rings. The first-order chi connectivity index (χ1) is 6.79. The van der Waals surface area contributed by atoms with Crippen molar-refractivity contribution in [3.8, 4) is 5.75 Å². The van der Waals surface area contributed by atoms with Gasteiger partial charge in [0.2, 0.25) is 0 Å². The van der Waals surface area contributed by atoms with Crippen LogP contribution >= 0.6 is 11.6 Å². The van der Waals surface area contributed by atoms with E-state index in [0.29, 0.717) is 0 Å². The van der Waals surface area contributed by atoms with Crippen molar-refractivity contribution in [1.29, 1.82) is 0 Å². The largest absolute Gasteiger partial charge is 0.573 e. The van der Waals surface area contributed by atoms with E-state index in [0.717, 1.165) is 5.56 Å². The molecule has 1 aromatic rings. The first-order valence-corrected chi connectivity index (χ1v) is 4.72. The molecule has 1 rings (SSSR count). The van der Waals surface area contributed by atoms with Crippen LogP contribution in [0.15, 0.2) is 18.2 Å². The lowest BCUT2D eigenvalue weighted by atomic mass is 10.0. The van der Waals surface area contributed by atoms with Gasteiger partial charge in [0.1, 0.15) is 5.75 Å². The number of rotatable bonds is 2. The Kier molecular flexibility index (Phi) is 3.50. The Balaban J connectivity index is 2.94. The average molecular weight is 239 g/mol. The molecule has 0 amide bonds. The molecule has 1 aromatic carbocycles. The van der Waals surface area contributed by atoms with E-state index in [1.165, 1.54) is 12.1 Å². The lowest BCUT2D eigenvalue weighted by molar-refractivity contribution is -0.274. The molecule has 0 N–H and O–H groups in total. The first-order valence-electron chi connectivity index (χ1n) is 4.35. The van der Waals surface area contributed by atoms with E-state index < -0.39 is 6.36 Å². The van der Waals surface area contributed by atoms with Crippen LogP contribution in [0.5, 0.6) is 5.75 Å². The average Bonchev–Trinajstić information content (AvgIpc) is 2.05. The standard InChI is InChI=1S/C10H10ClF3O/c1-6(2)7-3-4-9(8(11)5-7)15-10(12,13)14/h3-6H,1-2H3. The minimum Gasteiger partial charge on any atom is -0.404 e. The second kappa shape index (κ2) is 4.31. The second-order valence-corrected chi connectivity index (χ2v) is 3.80. The summed E-state index contributed by atoms with van der Waals surface area (Å²) in [5.74, 6) is -0.156. The van der Waals surface area contributed by atoms with Crippen molar-refractivity contribution >= 4 is 11.6 Å². The minimum absolute atomic E-state index is 0.0291. The van der Waals surface area contributed by atoms with E-state index in [4.69, 9.17) is 11.6 Å². The van der Waals surface area contributed by atoms with Crippen LogP contribution in [0.3, 0.4) is 0 Å². The van der Waals surface area contributed by atoms with Crippen LogP contribution in [-0.4, -0.2) is 6.36 Å². The molecule has 0 aromatic heterocycles. The number of halogens is 4. The highest BCUT2D eigenvalue weighted by atomic mass is 35.5. The quantitative estimate of drug-likeness (QED) is 0.744. The number of hydrogen-bond donors (Lipinski definition) is 0. The van der Waals surface area contributed by atoms with Crippen LogP contribution in [0.4, 0.5) is 13.2 Å². The first kappa shape index (κ1) is 12.2. The van der Waals surface area contributed by atoms with Crippen LogP contribution in [0.2, 0.25) is 5.02 Å². The predicted octanol–water partition coefficient (Wildman–Crippen LogP) is 4.36. The van der Waals surface area contributed by atoms with Crippen molar-refractivity contribution in [3.63, 3.8) is 0 Å². The summed E-state index contributed by atoms with van der Waals surface area (Å²) in [5.41, 5.74) is 0.870. The summed E-state index contributed by atoms with van der Waals surface area (Å²) < 4.78 is 39.4. The summed E-state index contributed by atoms with van der Waals surface area (Å²) >= 11 is 5.65. The molecule has 84 valence electrons. The van der Waals surface area contributed by atoms with Gasteiger partial charge in [0.15, 0.2) is 0 Å². The van der Waals surface area contributed by atoms with E-state index in [1.807, 2.05) is 13.8 Å². The van der Waals surface area contributed by atoms with Gasteiger partial charge in [-0.2, -0.15) is 0 Å². The second-order valence-electron chi connectivity index (χ2n) is 3.39. The van der Waals surface area contributed by atoms with Crippen molar-refractivity contribution in [2.24, 2.45) is 0 Å². The summed E-state index contributed by atoms with van der Waals surface area (Å²) in [5, 5.41) is -0.0291. The fourth-order valence-corrected chi connectivity index (χ4v) is 1.31. The van der Waals surface area contributed by atoms with Crippen LogP contribution in [0.1, 0.15) is 25.3 Å². The molecule has 15 heavy (non-hydrogen) atoms. The summed E-state index contributed by atoms with van der Waals surface area (Å²) in [4.78, 5) is 0. The highest BCUT2D eigenvalue weighted by molar-refractivity contribution is 6.32. The fraction of sp³-hybridized carbons (Fsp3) is 0.400. The Hall–Kier alpha value is -0.900. The molecule has 0 saturated carbocycles. The molecule has 0 aliphatic carbocycles. The van der Waals surface area contributed by atoms with Crippen LogP contribution in [0, 0.1) is 0 Å². The van der Waals surface area contributed by atoms with Gasteiger partial charge < -0.3 is 4.74 Å². The maximum absolute atomic E-state index is 11.9. The third-order valence-electron chi connectivity index (χ3n) is 1.85. The summed E-state index contributed by atoms with van der Waals surface area (Å²) in [6.07, 6.45) is -4.71. The number of hydrogen-bond acceptors (Lipinski definition) is 1. The summed E-state index contributed by atoms with van der Waals surface area (Å²) in [7, 11) is 0. The predicted molar refractivity (Wildman–Crippen MR) is 52.2 cm³/mol. The lowest BCUT2D eigenvalue weighted by Crippen LogP contribution is -2.17. The maximum Gasteiger partial charge on any atom is 0.573 e. The van der Waals surface area contributed by atoms with Gasteiger partial charge in [-0.15, -0.1) is 13.2 Å². The number of ether oxygens (including phenoxy) is 1. The third-order valence-corrected chi connectivity index (χ3v) is 2.14. The van der Waals surface area contributed by atoms with Crippen molar-refractivity contribution in [2.75, 3.05) is 0 Å². The lowest BCUT2D eigenvalue weighted by Gasteiger charge is -2.12. The normalized spacial score (nSPS) is 11.9. The highest BCUT2D eigenvalue weighted by Gasteiger charge is 2.32. The zero-order valence-corrected chi connectivity index (χ0v) is 8.99. The molecule has 0 spiro atoms. The third kappa shape index (κ3) is 3.63. The molecule has 5 heteroatoms. The van der Waals surface area contributed by atoms with Gasteiger partial charge in [-0.1, -0.05) is 31.5 Å². The molecular weight excluding hydrogens is 229 g/mol. The number of alkyl halides is 3. The molecule has 1 nitrogen and oxygen atoms in total. The summed E-state index contributed by atoms with van der Waals surface area (Å²) in [6.45, 7) is 3.85. The monoisotopic (exact) mass is 238 g/mol. The van der Waals surface area contributed by atoms with Crippen LogP contribution < -0.4 is 4.74 Å². The van der Waals surface area contributed by atoms with Gasteiger partial charge in [0.25, 0.3) is 0 Å². The highest BCUT2D eigenvalue weighted by Crippen LogP contribution is 2.32. The van der Waals surface area contributed by atoms with Gasteiger partial charge in [-0.05, 0) is 23.6 Å². The fourth-order valence-electron chi connectivity index (χ4n) is 1.08. The van der Waals surface area contributed by atoms with Gasteiger partial charge in [-0.25, -0.2) is 0 Å². The maximum atomic E-state index is 11.9. The SMILES string of the molecule is CC(C)c1ccc(OC(F)(F)F)c(Cl)c1. The number of benzene rings is 1. The van der Waals surface area contributed by atoms with Crippen LogP contribution in [0.25, 0.3) is 0 Å². The zero-order valence-electron chi connectivity index (χ0n) is 8.23. The zero-order chi connectivity index (χ0) is 11.6. The molecule has 0 unspecified atom stereocenters. The van der Waals surface area contributed by atoms with Crippen molar-refractivity contribution in [2.45, 2.75) is 26.1 Å². The van der Waals surface area contributed by atoms with E-state index in [1.54, 1.807) is 6.07 Å². The van der Waals surface area contributed by atoms with Gasteiger partial charge in [0, 0.05) is 0 Å². The Labute approximate surface area is 90.8 Å². The minimum atomic E-state index is -4.71. The van der Waals surface area contributed by atoms with Crippen LogP contribution in [-0.2, 0) is 0 Å². The van der Waals surface area contributed by atoms with E-state index in [-0.39, 0.29) is 16.7 Å². The van der Waals surface area contributed by atoms with Gasteiger partial charge >= 0.3 is 6.36 Å². The van der Waals surface area contributed by atoms with E-state index in [9.17, 15) is 13.2 Å². The molecule has 0 radical (unpaired) electrons. The molecule has 0 fully saturated rings. The summed E-state index contributed by atoms with van der Waals surface area (Å²) in [6, 6.07) is 4.27. The van der Waals surface area contributed by atoms with Crippen molar-refractivity contribution in [1.82, 2.24) is 0 Å². The Morgan fingerprint density at radius 2 is 1.87 bits per heavy atom. The topological polar surface area (TPSA) is 9.23 Å².